The summed E-state index contributed by atoms with van der Waals surface area (Å²) in [6, 6.07) is 11.8. The third kappa shape index (κ3) is 9.15. The maximum absolute atomic E-state index is 4.14. The minimum Gasteiger partial charge on any atom is -0.355 e. The number of nitrogens with zero attached hydrogens (tertiary/aromatic N) is 1. The number of anilines is 3. The fourth-order valence-corrected chi connectivity index (χ4v) is 5.66. The highest BCUT2D eigenvalue weighted by Gasteiger charge is 2.27. The standard InChI is InChI=1S/C43H62N2/c1-17-35(21-18-31(4)40(5,6)7)44-36-26-34(43(14,15)16)27-38(28-36)45(37-22-19-32(20-23-37)41(8,9)10)39-29(2)24-33(25-30(39)3)42(11,12)13/h17-19,21-22,24-28,44H,1,20,23H2,2-16H3/b31-18+,35-21+. The molecule has 0 saturated carbocycles. The van der Waals surface area contributed by atoms with Crippen molar-refractivity contribution in [1.29, 1.82) is 0 Å². The second kappa shape index (κ2) is 13.2. The zero-order chi connectivity index (χ0) is 34.1. The molecule has 244 valence electrons. The van der Waals surface area contributed by atoms with Crippen LogP contribution in [-0.2, 0) is 10.8 Å². The molecule has 1 aliphatic carbocycles. The van der Waals surface area contributed by atoms with Crippen LogP contribution < -0.4 is 10.2 Å². The van der Waals surface area contributed by atoms with Gasteiger partial charge in [-0.2, -0.15) is 0 Å². The van der Waals surface area contributed by atoms with E-state index in [0.717, 1.165) is 24.2 Å². The van der Waals surface area contributed by atoms with Crippen LogP contribution in [0, 0.1) is 24.7 Å². The topological polar surface area (TPSA) is 15.3 Å². The van der Waals surface area contributed by atoms with Gasteiger partial charge >= 0.3 is 0 Å². The van der Waals surface area contributed by atoms with Crippen molar-refractivity contribution in [3.63, 3.8) is 0 Å². The quantitative estimate of drug-likeness (QED) is 0.315. The van der Waals surface area contributed by atoms with Gasteiger partial charge in [0.15, 0.2) is 0 Å². The SMILES string of the molecule is C=C/C(=C\C=C(/C)C(C)(C)C)Nc1cc(N(C2=CC=C(C(C)(C)C)CC2)c2c(C)cc(C(C)(C)C)cc2C)cc(C(C)(C)C)c1. The lowest BCUT2D eigenvalue weighted by Crippen LogP contribution is -2.23. The van der Waals surface area contributed by atoms with Crippen molar-refractivity contribution in [2.75, 3.05) is 10.2 Å². The van der Waals surface area contributed by atoms with Gasteiger partial charge < -0.3 is 10.2 Å². The van der Waals surface area contributed by atoms with Crippen LogP contribution in [0.2, 0.25) is 0 Å². The highest BCUT2D eigenvalue weighted by atomic mass is 15.2. The minimum absolute atomic E-state index is 0.0284. The van der Waals surface area contributed by atoms with Crippen molar-refractivity contribution in [1.82, 2.24) is 0 Å². The van der Waals surface area contributed by atoms with E-state index in [-0.39, 0.29) is 21.7 Å². The van der Waals surface area contributed by atoms with Crippen molar-refractivity contribution in [3.05, 3.63) is 112 Å². The second-order valence-electron chi connectivity index (χ2n) is 17.2. The molecule has 0 radical (unpaired) electrons. The van der Waals surface area contributed by atoms with Gasteiger partial charge in [0, 0.05) is 22.8 Å². The first kappa shape index (κ1) is 36.2. The molecule has 1 aliphatic rings. The van der Waals surface area contributed by atoms with Crippen molar-refractivity contribution in [3.8, 4) is 0 Å². The predicted octanol–water partition coefficient (Wildman–Crippen LogP) is 13.2. The number of hydrogen-bond donors (Lipinski definition) is 1. The summed E-state index contributed by atoms with van der Waals surface area (Å²) < 4.78 is 0. The van der Waals surface area contributed by atoms with E-state index in [9.17, 15) is 0 Å². The van der Waals surface area contributed by atoms with E-state index in [1.807, 2.05) is 6.08 Å². The van der Waals surface area contributed by atoms with Crippen LogP contribution in [0.4, 0.5) is 17.1 Å². The molecular weight excluding hydrogens is 544 g/mol. The van der Waals surface area contributed by atoms with Crippen LogP contribution in [0.5, 0.6) is 0 Å². The Balaban J connectivity index is 2.30. The Labute approximate surface area is 277 Å². The monoisotopic (exact) mass is 606 g/mol. The molecule has 2 nitrogen and oxygen atoms in total. The van der Waals surface area contributed by atoms with E-state index in [1.165, 1.54) is 50.5 Å². The molecule has 0 atom stereocenters. The average molecular weight is 607 g/mol. The number of aryl methyl sites for hydroxylation is 2. The van der Waals surface area contributed by atoms with Crippen molar-refractivity contribution in [2.24, 2.45) is 10.8 Å². The van der Waals surface area contributed by atoms with Crippen LogP contribution in [0.15, 0.2) is 89.8 Å². The largest absolute Gasteiger partial charge is 0.355 e. The molecule has 0 aliphatic heterocycles. The Hall–Kier alpha value is -3.26. The number of benzene rings is 2. The van der Waals surface area contributed by atoms with Crippen molar-refractivity contribution in [2.45, 2.75) is 128 Å². The summed E-state index contributed by atoms with van der Waals surface area (Å²) in [6.45, 7) is 38.4. The van der Waals surface area contributed by atoms with E-state index >= 15 is 0 Å². The van der Waals surface area contributed by atoms with Gasteiger partial charge in [-0.05, 0) is 114 Å². The van der Waals surface area contributed by atoms with E-state index in [0.29, 0.717) is 0 Å². The molecule has 45 heavy (non-hydrogen) atoms. The predicted molar refractivity (Wildman–Crippen MR) is 202 cm³/mol. The first-order chi connectivity index (χ1) is 20.5. The highest BCUT2D eigenvalue weighted by Crippen LogP contribution is 2.44. The summed E-state index contributed by atoms with van der Waals surface area (Å²) in [7, 11) is 0. The first-order valence-electron chi connectivity index (χ1n) is 16.8. The normalized spacial score (nSPS) is 15.4. The van der Waals surface area contributed by atoms with Crippen molar-refractivity contribution >= 4 is 17.1 Å². The fraction of sp³-hybridized carbons (Fsp3) is 0.488. The lowest BCUT2D eigenvalue weighted by Gasteiger charge is -2.36. The summed E-state index contributed by atoms with van der Waals surface area (Å²) in [4.78, 5) is 2.54. The van der Waals surface area contributed by atoms with Gasteiger partial charge in [0.05, 0.1) is 5.69 Å². The molecule has 0 aromatic heterocycles. The molecule has 2 aromatic rings. The Kier molecular flexibility index (Phi) is 10.6. The van der Waals surface area contributed by atoms with Crippen molar-refractivity contribution < 1.29 is 0 Å². The van der Waals surface area contributed by atoms with E-state index in [1.54, 1.807) is 0 Å². The molecule has 3 rings (SSSR count). The Morgan fingerprint density at radius 3 is 1.71 bits per heavy atom. The smallest absolute Gasteiger partial charge is 0.0516 e. The van der Waals surface area contributed by atoms with Crippen LogP contribution >= 0.6 is 0 Å². The molecule has 0 saturated heterocycles. The number of hydrogen-bond acceptors (Lipinski definition) is 2. The van der Waals surface area contributed by atoms with Gasteiger partial charge in [-0.25, -0.2) is 0 Å². The van der Waals surface area contributed by atoms with Crippen LogP contribution in [0.3, 0.4) is 0 Å². The summed E-state index contributed by atoms with van der Waals surface area (Å²) in [5, 5.41) is 3.72. The third-order valence-corrected chi connectivity index (χ3v) is 9.21. The van der Waals surface area contributed by atoms with E-state index < -0.39 is 0 Å². The van der Waals surface area contributed by atoms with Gasteiger partial charge in [-0.3, -0.25) is 0 Å². The number of nitrogens with one attached hydrogen (secondary N) is 1. The maximum Gasteiger partial charge on any atom is 0.0516 e. The molecule has 0 spiro atoms. The third-order valence-electron chi connectivity index (χ3n) is 9.21. The fourth-order valence-electron chi connectivity index (χ4n) is 5.66. The molecule has 0 bridgehead atoms. The summed E-state index contributed by atoms with van der Waals surface area (Å²) >= 11 is 0. The highest BCUT2D eigenvalue weighted by molar-refractivity contribution is 5.78. The zero-order valence-electron chi connectivity index (χ0n) is 31.3. The molecule has 0 heterocycles. The molecule has 0 fully saturated rings. The molecule has 0 amide bonds. The van der Waals surface area contributed by atoms with Gasteiger partial charge in [0.1, 0.15) is 0 Å². The van der Waals surface area contributed by atoms with Gasteiger partial charge in [-0.15, -0.1) is 0 Å². The summed E-state index contributed by atoms with van der Waals surface area (Å²) in [5.74, 6) is 0. The lowest BCUT2D eigenvalue weighted by molar-refractivity contribution is 0.479. The van der Waals surface area contributed by atoms with Crippen LogP contribution in [0.25, 0.3) is 0 Å². The molecule has 2 aromatic carbocycles. The Morgan fingerprint density at radius 1 is 0.711 bits per heavy atom. The molecule has 2 heteroatoms. The summed E-state index contributed by atoms with van der Waals surface area (Å²) in [5.41, 5.74) is 14.3. The lowest BCUT2D eigenvalue weighted by atomic mass is 9.81. The van der Waals surface area contributed by atoms with E-state index in [4.69, 9.17) is 0 Å². The minimum atomic E-state index is -0.0284. The molecule has 1 N–H and O–H groups in total. The van der Waals surface area contributed by atoms with Crippen LogP contribution in [0.1, 0.15) is 125 Å². The first-order valence-corrected chi connectivity index (χ1v) is 16.8. The van der Waals surface area contributed by atoms with Gasteiger partial charge in [-0.1, -0.05) is 125 Å². The number of allylic oxidation sites excluding steroid dienone is 8. The van der Waals surface area contributed by atoms with Crippen LogP contribution in [-0.4, -0.2) is 0 Å². The molecule has 0 unspecified atom stereocenters. The Morgan fingerprint density at radius 2 is 1.27 bits per heavy atom. The van der Waals surface area contributed by atoms with E-state index in [2.05, 4.69) is 175 Å². The Bertz CT molecular complexity index is 1500. The summed E-state index contributed by atoms with van der Waals surface area (Å²) in [6.07, 6.45) is 13.1. The molecular formula is C43H62N2. The zero-order valence-corrected chi connectivity index (χ0v) is 31.3. The van der Waals surface area contributed by atoms with Gasteiger partial charge in [0.25, 0.3) is 0 Å². The second-order valence-corrected chi connectivity index (χ2v) is 17.2. The number of rotatable bonds is 7. The maximum atomic E-state index is 4.14. The average Bonchev–Trinajstić information content (AvgIpc) is 2.90. The van der Waals surface area contributed by atoms with Gasteiger partial charge in [0.2, 0.25) is 0 Å².